The molecule has 0 saturated heterocycles. The van der Waals surface area contributed by atoms with Crippen LogP contribution < -0.4 is 0 Å². The SMILES string of the molecule is Cc1ccc(-c2ccc(C3CCC(S)CC3)cc2)cc1F. The Morgan fingerprint density at radius 1 is 0.905 bits per heavy atom. The molecule has 0 nitrogen and oxygen atoms in total. The zero-order valence-corrected chi connectivity index (χ0v) is 13.2. The second kappa shape index (κ2) is 6.23. The minimum Gasteiger partial charge on any atom is -0.207 e. The number of thiol groups is 1. The minimum absolute atomic E-state index is 0.135. The highest BCUT2D eigenvalue weighted by Gasteiger charge is 2.20. The fourth-order valence-electron chi connectivity index (χ4n) is 3.13. The third-order valence-electron chi connectivity index (χ3n) is 4.58. The largest absolute Gasteiger partial charge is 0.207 e. The summed E-state index contributed by atoms with van der Waals surface area (Å²) >= 11 is 4.56. The zero-order chi connectivity index (χ0) is 14.8. The summed E-state index contributed by atoms with van der Waals surface area (Å²) in [4.78, 5) is 0. The molecular weight excluding hydrogens is 279 g/mol. The molecule has 0 radical (unpaired) electrons. The van der Waals surface area contributed by atoms with Crippen LogP contribution in [0.5, 0.6) is 0 Å². The molecular formula is C19H21FS. The highest BCUT2D eigenvalue weighted by atomic mass is 32.1. The van der Waals surface area contributed by atoms with Gasteiger partial charge in [-0.1, -0.05) is 36.4 Å². The first-order valence-electron chi connectivity index (χ1n) is 7.68. The Morgan fingerprint density at radius 3 is 2.14 bits per heavy atom. The van der Waals surface area contributed by atoms with Crippen molar-refractivity contribution >= 4 is 12.6 Å². The zero-order valence-electron chi connectivity index (χ0n) is 12.3. The summed E-state index contributed by atoms with van der Waals surface area (Å²) in [5, 5.41) is 0.580. The van der Waals surface area contributed by atoms with E-state index < -0.39 is 0 Å². The van der Waals surface area contributed by atoms with Crippen molar-refractivity contribution in [1.82, 2.24) is 0 Å². The summed E-state index contributed by atoms with van der Waals surface area (Å²) < 4.78 is 13.7. The van der Waals surface area contributed by atoms with E-state index >= 15 is 0 Å². The fraction of sp³-hybridized carbons (Fsp3) is 0.368. The standard InChI is InChI=1S/C19H21FS/c1-13-2-3-17(12-19(13)20)16-6-4-14(5-7-16)15-8-10-18(21)11-9-15/h2-7,12,15,18,21H,8-11H2,1H3. The smallest absolute Gasteiger partial charge is 0.126 e. The maximum Gasteiger partial charge on any atom is 0.126 e. The molecule has 0 spiro atoms. The van der Waals surface area contributed by atoms with E-state index in [1.807, 2.05) is 12.1 Å². The van der Waals surface area contributed by atoms with E-state index in [0.29, 0.717) is 16.7 Å². The highest BCUT2D eigenvalue weighted by molar-refractivity contribution is 7.80. The van der Waals surface area contributed by atoms with E-state index in [2.05, 4.69) is 36.9 Å². The van der Waals surface area contributed by atoms with Crippen molar-refractivity contribution in [3.63, 3.8) is 0 Å². The van der Waals surface area contributed by atoms with Gasteiger partial charge >= 0.3 is 0 Å². The van der Waals surface area contributed by atoms with Crippen molar-refractivity contribution in [1.29, 1.82) is 0 Å². The molecule has 0 heterocycles. The first-order chi connectivity index (χ1) is 10.1. The summed E-state index contributed by atoms with van der Waals surface area (Å²) in [5.41, 5.74) is 4.13. The Bertz CT molecular complexity index is 610. The van der Waals surface area contributed by atoms with Crippen LogP contribution in [-0.4, -0.2) is 5.25 Å². The predicted octanol–water partition coefficient (Wildman–Crippen LogP) is 5.76. The summed E-state index contributed by atoms with van der Waals surface area (Å²) in [6.45, 7) is 1.79. The molecule has 0 bridgehead atoms. The van der Waals surface area contributed by atoms with Gasteiger partial charge in [0.2, 0.25) is 0 Å². The Morgan fingerprint density at radius 2 is 1.52 bits per heavy atom. The lowest BCUT2D eigenvalue weighted by atomic mass is 9.83. The normalized spacial score (nSPS) is 22.2. The molecule has 21 heavy (non-hydrogen) atoms. The van der Waals surface area contributed by atoms with Crippen molar-refractivity contribution in [3.05, 3.63) is 59.4 Å². The molecule has 0 unspecified atom stereocenters. The van der Waals surface area contributed by atoms with Gasteiger partial charge in [0, 0.05) is 5.25 Å². The molecule has 2 heteroatoms. The lowest BCUT2D eigenvalue weighted by Crippen LogP contribution is -2.12. The lowest BCUT2D eigenvalue weighted by molar-refractivity contribution is 0.455. The molecule has 0 aromatic heterocycles. The summed E-state index contributed by atoms with van der Waals surface area (Å²) in [7, 11) is 0. The van der Waals surface area contributed by atoms with Gasteiger partial charge in [0.25, 0.3) is 0 Å². The molecule has 1 aliphatic carbocycles. The minimum atomic E-state index is -0.135. The van der Waals surface area contributed by atoms with Gasteiger partial charge in [0.05, 0.1) is 0 Å². The van der Waals surface area contributed by atoms with E-state index in [4.69, 9.17) is 0 Å². The third kappa shape index (κ3) is 3.32. The Hall–Kier alpha value is -1.28. The third-order valence-corrected chi connectivity index (χ3v) is 5.10. The van der Waals surface area contributed by atoms with Crippen LogP contribution in [0.3, 0.4) is 0 Å². The molecule has 2 aromatic rings. The van der Waals surface area contributed by atoms with Crippen molar-refractivity contribution in [2.24, 2.45) is 0 Å². The van der Waals surface area contributed by atoms with Crippen LogP contribution >= 0.6 is 12.6 Å². The van der Waals surface area contributed by atoms with Crippen LogP contribution in [-0.2, 0) is 0 Å². The number of rotatable bonds is 2. The number of benzene rings is 2. The monoisotopic (exact) mass is 300 g/mol. The molecule has 0 atom stereocenters. The Kier molecular flexibility index (Phi) is 4.34. The molecule has 1 saturated carbocycles. The van der Waals surface area contributed by atoms with Crippen molar-refractivity contribution in [3.8, 4) is 11.1 Å². The van der Waals surface area contributed by atoms with Gasteiger partial charge in [-0.15, -0.1) is 0 Å². The molecule has 110 valence electrons. The quantitative estimate of drug-likeness (QED) is 0.670. The maximum atomic E-state index is 13.7. The molecule has 0 N–H and O–H groups in total. The first-order valence-corrected chi connectivity index (χ1v) is 8.19. The van der Waals surface area contributed by atoms with Crippen molar-refractivity contribution < 1.29 is 4.39 Å². The van der Waals surface area contributed by atoms with E-state index in [1.165, 1.54) is 31.2 Å². The van der Waals surface area contributed by atoms with Crippen LogP contribution in [0, 0.1) is 12.7 Å². The Labute approximate surface area is 131 Å². The average Bonchev–Trinajstić information content (AvgIpc) is 2.51. The van der Waals surface area contributed by atoms with Gasteiger partial charge in [0.15, 0.2) is 0 Å². The average molecular weight is 300 g/mol. The van der Waals surface area contributed by atoms with Gasteiger partial charge in [0.1, 0.15) is 5.82 Å². The second-order valence-corrected chi connectivity index (χ2v) is 6.82. The van der Waals surface area contributed by atoms with Crippen LogP contribution in [0.2, 0.25) is 0 Å². The number of hydrogen-bond donors (Lipinski definition) is 1. The molecule has 3 rings (SSSR count). The van der Waals surface area contributed by atoms with Crippen LogP contribution in [0.4, 0.5) is 4.39 Å². The first kappa shape index (κ1) is 14.6. The molecule has 0 aliphatic heterocycles. The number of aryl methyl sites for hydroxylation is 1. The predicted molar refractivity (Wildman–Crippen MR) is 90.6 cm³/mol. The summed E-state index contributed by atoms with van der Waals surface area (Å²) in [6, 6.07) is 14.1. The van der Waals surface area contributed by atoms with Crippen LogP contribution in [0.1, 0.15) is 42.7 Å². The fourth-order valence-corrected chi connectivity index (χ4v) is 3.43. The van der Waals surface area contributed by atoms with E-state index in [9.17, 15) is 4.39 Å². The van der Waals surface area contributed by atoms with Gasteiger partial charge in [-0.2, -0.15) is 12.6 Å². The lowest BCUT2D eigenvalue weighted by Gasteiger charge is -2.26. The van der Waals surface area contributed by atoms with Gasteiger partial charge in [-0.05, 0) is 66.8 Å². The van der Waals surface area contributed by atoms with Crippen LogP contribution in [0.25, 0.3) is 11.1 Å². The summed E-state index contributed by atoms with van der Waals surface area (Å²) in [6.07, 6.45) is 4.87. The molecule has 1 aliphatic rings. The van der Waals surface area contributed by atoms with Gasteiger partial charge in [-0.3, -0.25) is 0 Å². The van der Waals surface area contributed by atoms with Crippen molar-refractivity contribution in [2.75, 3.05) is 0 Å². The highest BCUT2D eigenvalue weighted by Crippen LogP contribution is 2.35. The topological polar surface area (TPSA) is 0 Å². The molecule has 1 fully saturated rings. The summed E-state index contributed by atoms with van der Waals surface area (Å²) in [5.74, 6) is 0.529. The second-order valence-electron chi connectivity index (χ2n) is 6.09. The van der Waals surface area contributed by atoms with Gasteiger partial charge in [-0.25, -0.2) is 4.39 Å². The van der Waals surface area contributed by atoms with Crippen molar-refractivity contribution in [2.45, 2.75) is 43.8 Å². The number of halogens is 1. The molecule has 0 amide bonds. The molecule has 2 aromatic carbocycles. The maximum absolute atomic E-state index is 13.7. The van der Waals surface area contributed by atoms with Crippen LogP contribution in [0.15, 0.2) is 42.5 Å². The van der Waals surface area contributed by atoms with E-state index in [1.54, 1.807) is 13.0 Å². The Balaban J connectivity index is 1.79. The van der Waals surface area contributed by atoms with E-state index in [-0.39, 0.29) is 5.82 Å². The van der Waals surface area contributed by atoms with Gasteiger partial charge < -0.3 is 0 Å². The van der Waals surface area contributed by atoms with E-state index in [0.717, 1.165) is 11.1 Å². The number of hydrogen-bond acceptors (Lipinski definition) is 1.